The lowest BCUT2D eigenvalue weighted by atomic mass is 10.2. The standard InChI is InChI=1S/C15H10ClF3N2O2S2/c16-9-5-6-13(10(7-9)15(17,18)19)25(22,23)20-8-14-21-11-3-1-2-4-12(11)24-14/h1-7,20H,8H2. The minimum Gasteiger partial charge on any atom is -0.240 e. The lowest BCUT2D eigenvalue weighted by Crippen LogP contribution is -2.26. The van der Waals surface area contributed by atoms with Gasteiger partial charge in [-0.15, -0.1) is 11.3 Å². The third kappa shape index (κ3) is 3.95. The second-order valence-corrected chi connectivity index (χ2v) is 8.33. The fourth-order valence-corrected chi connectivity index (χ4v) is 4.55. The first-order valence-electron chi connectivity index (χ1n) is 6.88. The van der Waals surface area contributed by atoms with Gasteiger partial charge in [-0.2, -0.15) is 13.2 Å². The summed E-state index contributed by atoms with van der Waals surface area (Å²) in [7, 11) is -4.39. The number of alkyl halides is 3. The molecule has 0 unspecified atom stereocenters. The van der Waals surface area contributed by atoms with Crippen molar-refractivity contribution in [2.45, 2.75) is 17.6 Å². The molecule has 1 heterocycles. The molecule has 1 aromatic heterocycles. The molecule has 0 bridgehead atoms. The topological polar surface area (TPSA) is 59.1 Å². The Bertz CT molecular complexity index is 1000. The molecule has 0 aliphatic heterocycles. The Labute approximate surface area is 150 Å². The van der Waals surface area contributed by atoms with Crippen molar-refractivity contribution in [1.82, 2.24) is 9.71 Å². The van der Waals surface area contributed by atoms with Crippen molar-refractivity contribution in [2.75, 3.05) is 0 Å². The largest absolute Gasteiger partial charge is 0.417 e. The van der Waals surface area contributed by atoms with E-state index in [1.165, 1.54) is 11.3 Å². The van der Waals surface area contributed by atoms with Gasteiger partial charge in [0.15, 0.2) is 0 Å². The molecule has 0 amide bonds. The molecule has 4 nitrogen and oxygen atoms in total. The lowest BCUT2D eigenvalue weighted by Gasteiger charge is -2.13. The first-order chi connectivity index (χ1) is 11.7. The Balaban J connectivity index is 1.89. The maximum Gasteiger partial charge on any atom is 0.417 e. The molecule has 0 aliphatic rings. The zero-order chi connectivity index (χ0) is 18.2. The van der Waals surface area contributed by atoms with Crippen LogP contribution in [-0.4, -0.2) is 13.4 Å². The van der Waals surface area contributed by atoms with Crippen LogP contribution in [0.5, 0.6) is 0 Å². The molecular formula is C15H10ClF3N2O2S2. The fraction of sp³-hybridized carbons (Fsp3) is 0.133. The van der Waals surface area contributed by atoms with E-state index in [0.717, 1.165) is 16.8 Å². The number of halogens is 4. The predicted octanol–water partition coefficient (Wildman–Crippen LogP) is 4.45. The second kappa shape index (κ2) is 6.56. The van der Waals surface area contributed by atoms with E-state index in [1.54, 1.807) is 12.1 Å². The normalized spacial score (nSPS) is 12.6. The van der Waals surface area contributed by atoms with Crippen LogP contribution >= 0.6 is 22.9 Å². The van der Waals surface area contributed by atoms with E-state index in [9.17, 15) is 21.6 Å². The quantitative estimate of drug-likeness (QED) is 0.696. The first-order valence-corrected chi connectivity index (χ1v) is 9.55. The number of hydrogen-bond acceptors (Lipinski definition) is 4. The molecule has 0 spiro atoms. The van der Waals surface area contributed by atoms with Gasteiger partial charge in [-0.1, -0.05) is 23.7 Å². The van der Waals surface area contributed by atoms with Gasteiger partial charge in [0.1, 0.15) is 5.01 Å². The minimum absolute atomic E-state index is 0.197. The Morgan fingerprint density at radius 2 is 1.88 bits per heavy atom. The van der Waals surface area contributed by atoms with Crippen molar-refractivity contribution in [3.8, 4) is 0 Å². The highest BCUT2D eigenvalue weighted by Crippen LogP contribution is 2.35. The summed E-state index contributed by atoms with van der Waals surface area (Å²) in [5.74, 6) is 0. The van der Waals surface area contributed by atoms with Crippen LogP contribution in [0.4, 0.5) is 13.2 Å². The number of benzene rings is 2. The Hall–Kier alpha value is -1.68. The summed E-state index contributed by atoms with van der Waals surface area (Å²) in [6.45, 7) is -0.207. The number of nitrogens with one attached hydrogen (secondary N) is 1. The average molecular weight is 407 g/mol. The Morgan fingerprint density at radius 3 is 2.56 bits per heavy atom. The summed E-state index contributed by atoms with van der Waals surface area (Å²) in [5.41, 5.74) is -0.610. The number of para-hydroxylation sites is 1. The minimum atomic E-state index is -4.84. The van der Waals surface area contributed by atoms with Gasteiger partial charge in [-0.3, -0.25) is 0 Å². The molecule has 25 heavy (non-hydrogen) atoms. The molecule has 0 radical (unpaired) electrons. The number of rotatable bonds is 4. The number of aromatic nitrogens is 1. The number of thiazole rings is 1. The molecule has 0 atom stereocenters. The molecule has 3 rings (SSSR count). The first kappa shape index (κ1) is 18.1. The lowest BCUT2D eigenvalue weighted by molar-refractivity contribution is -0.139. The molecule has 132 valence electrons. The maximum atomic E-state index is 13.1. The molecular weight excluding hydrogens is 397 g/mol. The Kier molecular flexibility index (Phi) is 4.76. The van der Waals surface area contributed by atoms with Crippen LogP contribution < -0.4 is 4.72 Å². The summed E-state index contributed by atoms with van der Waals surface area (Å²) >= 11 is 6.83. The van der Waals surface area contributed by atoms with E-state index < -0.39 is 26.7 Å². The van der Waals surface area contributed by atoms with Crippen molar-refractivity contribution in [3.63, 3.8) is 0 Å². The number of hydrogen-bond donors (Lipinski definition) is 1. The van der Waals surface area contributed by atoms with Gasteiger partial charge in [0.05, 0.1) is 27.2 Å². The SMILES string of the molecule is O=S(=O)(NCc1nc2ccccc2s1)c1ccc(Cl)cc1C(F)(F)F. The van der Waals surface area contributed by atoms with Gasteiger partial charge in [0.25, 0.3) is 0 Å². The van der Waals surface area contributed by atoms with Gasteiger partial charge in [0, 0.05) is 5.02 Å². The van der Waals surface area contributed by atoms with Crippen LogP contribution in [-0.2, 0) is 22.7 Å². The van der Waals surface area contributed by atoms with E-state index in [0.29, 0.717) is 16.6 Å². The van der Waals surface area contributed by atoms with Crippen LogP contribution in [0, 0.1) is 0 Å². The number of nitrogens with zero attached hydrogens (tertiary/aromatic N) is 1. The van der Waals surface area contributed by atoms with Gasteiger partial charge in [0.2, 0.25) is 10.0 Å². The van der Waals surface area contributed by atoms with Gasteiger partial charge < -0.3 is 0 Å². The van der Waals surface area contributed by atoms with Gasteiger partial charge in [-0.25, -0.2) is 18.1 Å². The number of sulfonamides is 1. The van der Waals surface area contributed by atoms with Crippen LogP contribution in [0.15, 0.2) is 47.4 Å². The molecule has 3 aromatic rings. The molecule has 0 aliphatic carbocycles. The van der Waals surface area contributed by atoms with E-state index in [1.807, 2.05) is 12.1 Å². The van der Waals surface area contributed by atoms with Crippen LogP contribution in [0.25, 0.3) is 10.2 Å². The molecule has 10 heteroatoms. The molecule has 0 fully saturated rings. The van der Waals surface area contributed by atoms with Crippen molar-refractivity contribution in [3.05, 3.63) is 58.1 Å². The van der Waals surface area contributed by atoms with Crippen LogP contribution in [0.3, 0.4) is 0 Å². The maximum absolute atomic E-state index is 13.1. The summed E-state index contributed by atoms with van der Waals surface area (Å²) in [6.07, 6.45) is -4.84. The van der Waals surface area contributed by atoms with E-state index >= 15 is 0 Å². The third-order valence-corrected chi connectivity index (χ3v) is 6.02. The van der Waals surface area contributed by atoms with Crippen LogP contribution in [0.1, 0.15) is 10.6 Å². The van der Waals surface area contributed by atoms with E-state index in [4.69, 9.17) is 11.6 Å². The Morgan fingerprint density at radius 1 is 1.16 bits per heavy atom. The monoisotopic (exact) mass is 406 g/mol. The zero-order valence-electron chi connectivity index (χ0n) is 12.3. The van der Waals surface area contributed by atoms with E-state index in [2.05, 4.69) is 9.71 Å². The zero-order valence-corrected chi connectivity index (χ0v) is 14.7. The molecule has 2 aromatic carbocycles. The van der Waals surface area contributed by atoms with Crippen molar-refractivity contribution in [1.29, 1.82) is 0 Å². The third-order valence-electron chi connectivity index (χ3n) is 3.29. The molecule has 1 N–H and O–H groups in total. The summed E-state index contributed by atoms with van der Waals surface area (Å²) < 4.78 is 67.0. The fourth-order valence-electron chi connectivity index (χ4n) is 2.19. The highest BCUT2D eigenvalue weighted by atomic mass is 35.5. The highest BCUT2D eigenvalue weighted by molar-refractivity contribution is 7.89. The van der Waals surface area contributed by atoms with E-state index in [-0.39, 0.29) is 11.6 Å². The summed E-state index contributed by atoms with van der Waals surface area (Å²) in [4.78, 5) is 3.37. The second-order valence-electron chi connectivity index (χ2n) is 5.04. The van der Waals surface area contributed by atoms with Gasteiger partial charge in [-0.05, 0) is 30.3 Å². The predicted molar refractivity (Wildman–Crippen MR) is 90.1 cm³/mol. The van der Waals surface area contributed by atoms with Crippen molar-refractivity contribution in [2.24, 2.45) is 0 Å². The number of fused-ring (bicyclic) bond motifs is 1. The smallest absolute Gasteiger partial charge is 0.240 e. The van der Waals surface area contributed by atoms with Gasteiger partial charge >= 0.3 is 6.18 Å². The molecule has 0 saturated heterocycles. The summed E-state index contributed by atoms with van der Waals surface area (Å²) in [6, 6.07) is 9.73. The summed E-state index contributed by atoms with van der Waals surface area (Å²) in [5, 5.41) is 0.254. The average Bonchev–Trinajstić information content (AvgIpc) is 2.95. The van der Waals surface area contributed by atoms with Crippen molar-refractivity contribution < 1.29 is 21.6 Å². The molecule has 0 saturated carbocycles. The van der Waals surface area contributed by atoms with Crippen molar-refractivity contribution >= 4 is 43.2 Å². The highest BCUT2D eigenvalue weighted by Gasteiger charge is 2.37. The van der Waals surface area contributed by atoms with Crippen LogP contribution in [0.2, 0.25) is 5.02 Å².